The fourth-order valence-electron chi connectivity index (χ4n) is 1.97. The molecule has 0 saturated heterocycles. The standard InChI is InChI=1S/C16H15F3N2O3/c1-23-15(22)13-7-6-11(9-21-13)8-20-10-12-4-2-3-5-14(12)24-16(17,18)19/h2-7,9,20H,8,10H2,1H3. The number of rotatable bonds is 6. The van der Waals surface area contributed by atoms with Gasteiger partial charge in [0.1, 0.15) is 11.4 Å². The molecule has 0 amide bonds. The van der Waals surface area contributed by atoms with Crippen molar-refractivity contribution in [2.45, 2.75) is 19.5 Å². The predicted molar refractivity (Wildman–Crippen MR) is 79.2 cm³/mol. The van der Waals surface area contributed by atoms with Gasteiger partial charge in [0.25, 0.3) is 0 Å². The number of methoxy groups -OCH3 is 1. The summed E-state index contributed by atoms with van der Waals surface area (Å²) in [7, 11) is 1.26. The third-order valence-corrected chi connectivity index (χ3v) is 3.06. The number of alkyl halides is 3. The molecule has 0 unspecified atom stereocenters. The SMILES string of the molecule is COC(=O)c1ccc(CNCc2ccccc2OC(F)(F)F)cn1. The Balaban J connectivity index is 1.94. The van der Waals surface area contributed by atoms with Crippen LogP contribution < -0.4 is 10.1 Å². The average Bonchev–Trinajstić information content (AvgIpc) is 2.55. The molecule has 0 spiro atoms. The first-order chi connectivity index (χ1) is 11.4. The predicted octanol–water partition coefficient (Wildman–Crippen LogP) is 3.06. The largest absolute Gasteiger partial charge is 0.573 e. The van der Waals surface area contributed by atoms with Gasteiger partial charge in [0, 0.05) is 24.8 Å². The van der Waals surface area contributed by atoms with Gasteiger partial charge in [-0.2, -0.15) is 0 Å². The molecule has 0 bridgehead atoms. The molecule has 0 atom stereocenters. The second kappa shape index (κ2) is 7.78. The van der Waals surface area contributed by atoms with Gasteiger partial charge in [-0.25, -0.2) is 9.78 Å². The minimum atomic E-state index is -4.73. The first-order valence-electron chi connectivity index (χ1n) is 6.96. The van der Waals surface area contributed by atoms with Crippen LogP contribution in [0.3, 0.4) is 0 Å². The molecular formula is C16H15F3N2O3. The Morgan fingerprint density at radius 1 is 1.17 bits per heavy atom. The highest BCUT2D eigenvalue weighted by Crippen LogP contribution is 2.26. The Bertz CT molecular complexity index is 688. The van der Waals surface area contributed by atoms with Gasteiger partial charge in [0.2, 0.25) is 0 Å². The van der Waals surface area contributed by atoms with Gasteiger partial charge in [-0.05, 0) is 17.7 Å². The van der Waals surface area contributed by atoms with Crippen molar-refractivity contribution in [1.29, 1.82) is 0 Å². The summed E-state index contributed by atoms with van der Waals surface area (Å²) in [6.07, 6.45) is -3.24. The number of benzene rings is 1. The zero-order valence-electron chi connectivity index (χ0n) is 12.8. The number of para-hydroxylation sites is 1. The maximum Gasteiger partial charge on any atom is 0.573 e. The number of hydrogen-bond donors (Lipinski definition) is 1. The topological polar surface area (TPSA) is 60.5 Å². The average molecular weight is 340 g/mol. The van der Waals surface area contributed by atoms with Gasteiger partial charge < -0.3 is 14.8 Å². The van der Waals surface area contributed by atoms with Crippen LogP contribution in [0.25, 0.3) is 0 Å². The number of hydrogen-bond acceptors (Lipinski definition) is 5. The van der Waals surface area contributed by atoms with E-state index in [0.717, 1.165) is 5.56 Å². The van der Waals surface area contributed by atoms with Crippen LogP contribution in [-0.4, -0.2) is 24.4 Å². The summed E-state index contributed by atoms with van der Waals surface area (Å²) >= 11 is 0. The molecule has 2 rings (SSSR count). The summed E-state index contributed by atoms with van der Waals surface area (Å²) in [5.41, 5.74) is 1.34. The van der Waals surface area contributed by atoms with E-state index in [1.165, 1.54) is 31.5 Å². The summed E-state index contributed by atoms with van der Waals surface area (Å²) in [4.78, 5) is 15.2. The lowest BCUT2D eigenvalue weighted by atomic mass is 10.2. The number of carbonyl (C=O) groups is 1. The van der Waals surface area contributed by atoms with E-state index in [4.69, 9.17) is 0 Å². The third-order valence-electron chi connectivity index (χ3n) is 3.06. The summed E-state index contributed by atoms with van der Waals surface area (Å²) in [6.45, 7) is 0.555. The normalized spacial score (nSPS) is 11.2. The second-order valence-electron chi connectivity index (χ2n) is 4.80. The van der Waals surface area contributed by atoms with Crippen LogP contribution >= 0.6 is 0 Å². The Hall–Kier alpha value is -2.61. The molecular weight excluding hydrogens is 325 g/mol. The monoisotopic (exact) mass is 340 g/mol. The van der Waals surface area contributed by atoms with E-state index < -0.39 is 12.3 Å². The van der Waals surface area contributed by atoms with E-state index in [0.29, 0.717) is 12.1 Å². The summed E-state index contributed by atoms with van der Waals surface area (Å²) in [5, 5.41) is 3.00. The molecule has 0 aliphatic rings. The van der Waals surface area contributed by atoms with Crippen molar-refractivity contribution in [2.24, 2.45) is 0 Å². The van der Waals surface area contributed by atoms with Crippen LogP contribution in [0.1, 0.15) is 21.6 Å². The molecule has 1 N–H and O–H groups in total. The van der Waals surface area contributed by atoms with Gasteiger partial charge in [-0.15, -0.1) is 13.2 Å². The van der Waals surface area contributed by atoms with Crippen molar-refractivity contribution in [1.82, 2.24) is 10.3 Å². The molecule has 24 heavy (non-hydrogen) atoms. The van der Waals surface area contributed by atoms with E-state index in [1.54, 1.807) is 18.2 Å². The van der Waals surface area contributed by atoms with Crippen LogP contribution in [0.2, 0.25) is 0 Å². The van der Waals surface area contributed by atoms with E-state index in [2.05, 4.69) is 19.8 Å². The number of nitrogens with zero attached hydrogens (tertiary/aromatic N) is 1. The molecule has 0 fully saturated rings. The van der Waals surface area contributed by atoms with E-state index in [1.807, 2.05) is 0 Å². The molecule has 0 saturated carbocycles. The number of ether oxygens (including phenoxy) is 2. The fraction of sp³-hybridized carbons (Fsp3) is 0.250. The lowest BCUT2D eigenvalue weighted by molar-refractivity contribution is -0.274. The smallest absolute Gasteiger partial charge is 0.464 e. The third kappa shape index (κ3) is 5.24. The summed E-state index contributed by atoms with van der Waals surface area (Å²) in [5.74, 6) is -0.774. The van der Waals surface area contributed by atoms with Crippen molar-refractivity contribution >= 4 is 5.97 Å². The zero-order chi connectivity index (χ0) is 17.6. The number of esters is 1. The zero-order valence-corrected chi connectivity index (χ0v) is 12.8. The number of nitrogens with one attached hydrogen (secondary N) is 1. The molecule has 128 valence electrons. The molecule has 5 nitrogen and oxygen atoms in total. The molecule has 2 aromatic rings. The Morgan fingerprint density at radius 2 is 1.92 bits per heavy atom. The minimum Gasteiger partial charge on any atom is -0.464 e. The molecule has 1 aromatic heterocycles. The molecule has 0 aliphatic carbocycles. The Labute approximate surface area is 136 Å². The maximum atomic E-state index is 12.4. The first-order valence-corrected chi connectivity index (χ1v) is 6.96. The van der Waals surface area contributed by atoms with Crippen LogP contribution in [0, 0.1) is 0 Å². The minimum absolute atomic E-state index is 0.185. The van der Waals surface area contributed by atoms with Crippen LogP contribution in [0.5, 0.6) is 5.75 Å². The lowest BCUT2D eigenvalue weighted by Gasteiger charge is -2.13. The van der Waals surface area contributed by atoms with E-state index in [-0.39, 0.29) is 18.0 Å². The number of halogens is 3. The van der Waals surface area contributed by atoms with Crippen LogP contribution in [0.4, 0.5) is 13.2 Å². The highest BCUT2D eigenvalue weighted by atomic mass is 19.4. The van der Waals surface area contributed by atoms with Crippen molar-refractivity contribution in [2.75, 3.05) is 7.11 Å². The lowest BCUT2D eigenvalue weighted by Crippen LogP contribution is -2.20. The Morgan fingerprint density at radius 3 is 2.54 bits per heavy atom. The second-order valence-corrected chi connectivity index (χ2v) is 4.80. The first kappa shape index (κ1) is 17.7. The molecule has 1 aromatic carbocycles. The number of carbonyl (C=O) groups excluding carboxylic acids is 1. The molecule has 0 aliphatic heterocycles. The maximum absolute atomic E-state index is 12.4. The summed E-state index contributed by atoms with van der Waals surface area (Å²) in [6, 6.07) is 9.12. The van der Waals surface area contributed by atoms with Crippen molar-refractivity contribution < 1.29 is 27.4 Å². The van der Waals surface area contributed by atoms with Crippen molar-refractivity contribution in [3.8, 4) is 5.75 Å². The quantitative estimate of drug-likeness (QED) is 0.819. The van der Waals surface area contributed by atoms with E-state index >= 15 is 0 Å². The highest BCUT2D eigenvalue weighted by molar-refractivity contribution is 5.86. The van der Waals surface area contributed by atoms with Crippen LogP contribution in [0.15, 0.2) is 42.6 Å². The van der Waals surface area contributed by atoms with E-state index in [9.17, 15) is 18.0 Å². The van der Waals surface area contributed by atoms with Crippen LogP contribution in [-0.2, 0) is 17.8 Å². The Kier molecular flexibility index (Phi) is 5.75. The number of pyridine rings is 1. The summed E-state index contributed by atoms with van der Waals surface area (Å²) < 4.78 is 45.6. The van der Waals surface area contributed by atoms with Gasteiger partial charge >= 0.3 is 12.3 Å². The molecule has 8 heteroatoms. The van der Waals surface area contributed by atoms with Gasteiger partial charge in [-0.3, -0.25) is 0 Å². The highest BCUT2D eigenvalue weighted by Gasteiger charge is 2.31. The molecule has 1 heterocycles. The van der Waals surface area contributed by atoms with Crippen molar-refractivity contribution in [3.63, 3.8) is 0 Å². The van der Waals surface area contributed by atoms with Crippen molar-refractivity contribution in [3.05, 3.63) is 59.4 Å². The number of aromatic nitrogens is 1. The molecule has 0 radical (unpaired) electrons. The van der Waals surface area contributed by atoms with Gasteiger partial charge in [0.15, 0.2) is 0 Å². The van der Waals surface area contributed by atoms with Gasteiger partial charge in [-0.1, -0.05) is 24.3 Å². The fourth-order valence-corrected chi connectivity index (χ4v) is 1.97. The van der Waals surface area contributed by atoms with Gasteiger partial charge in [0.05, 0.1) is 7.11 Å².